The summed E-state index contributed by atoms with van der Waals surface area (Å²) in [5.74, 6) is -0.249. The molecule has 0 atom stereocenters. The van der Waals surface area contributed by atoms with Gasteiger partial charge in [0.15, 0.2) is 0 Å². The number of hydrogen-bond acceptors (Lipinski definition) is 3. The zero-order valence-corrected chi connectivity index (χ0v) is 14.0. The fraction of sp³-hybridized carbons (Fsp3) is 0.0455. The summed E-state index contributed by atoms with van der Waals surface area (Å²) < 4.78 is 0. The Morgan fingerprint density at radius 1 is 0.731 bits per heavy atom. The van der Waals surface area contributed by atoms with E-state index in [0.717, 1.165) is 16.6 Å². The summed E-state index contributed by atoms with van der Waals surface area (Å²) in [6.07, 6.45) is 1.52. The van der Waals surface area contributed by atoms with Crippen LogP contribution in [0.25, 0.3) is 11.0 Å². The number of aromatic nitrogens is 2. The average molecular weight is 339 g/mol. The van der Waals surface area contributed by atoms with Crippen LogP contribution in [-0.2, 0) is 0 Å². The fourth-order valence-corrected chi connectivity index (χ4v) is 2.92. The molecule has 4 rings (SSSR count). The predicted molar refractivity (Wildman–Crippen MR) is 102 cm³/mol. The van der Waals surface area contributed by atoms with Crippen LogP contribution in [0.4, 0.5) is 0 Å². The van der Waals surface area contributed by atoms with Crippen LogP contribution in [0.3, 0.4) is 0 Å². The van der Waals surface area contributed by atoms with Gasteiger partial charge in [-0.1, -0.05) is 72.8 Å². The molecule has 126 valence electrons. The van der Waals surface area contributed by atoms with Crippen molar-refractivity contribution in [3.05, 3.63) is 108 Å². The van der Waals surface area contributed by atoms with Gasteiger partial charge in [0, 0.05) is 0 Å². The van der Waals surface area contributed by atoms with Crippen molar-refractivity contribution >= 4 is 16.9 Å². The number of nitrogens with zero attached hydrogens (tertiary/aromatic N) is 2. The number of carbonyl (C=O) groups excluding carboxylic acids is 1. The van der Waals surface area contributed by atoms with E-state index in [-0.39, 0.29) is 11.9 Å². The van der Waals surface area contributed by atoms with Gasteiger partial charge < -0.3 is 5.32 Å². The van der Waals surface area contributed by atoms with Crippen LogP contribution in [0.15, 0.2) is 91.1 Å². The Kier molecular flexibility index (Phi) is 4.39. The molecule has 0 radical (unpaired) electrons. The summed E-state index contributed by atoms with van der Waals surface area (Å²) in [4.78, 5) is 21.6. The Balaban J connectivity index is 1.67. The normalized spacial score (nSPS) is 10.8. The molecule has 1 N–H and O–H groups in total. The van der Waals surface area contributed by atoms with E-state index in [0.29, 0.717) is 11.2 Å². The second-order valence-electron chi connectivity index (χ2n) is 5.97. The van der Waals surface area contributed by atoms with Crippen molar-refractivity contribution in [1.82, 2.24) is 15.3 Å². The maximum absolute atomic E-state index is 12.8. The summed E-state index contributed by atoms with van der Waals surface area (Å²) in [5, 5.41) is 3.09. The van der Waals surface area contributed by atoms with E-state index in [1.54, 1.807) is 0 Å². The molecule has 1 amide bonds. The van der Waals surface area contributed by atoms with Crippen LogP contribution in [0.1, 0.15) is 27.7 Å². The van der Waals surface area contributed by atoms with Crippen LogP contribution < -0.4 is 5.32 Å². The van der Waals surface area contributed by atoms with E-state index in [4.69, 9.17) is 0 Å². The van der Waals surface area contributed by atoms with Crippen LogP contribution in [0.5, 0.6) is 0 Å². The van der Waals surface area contributed by atoms with Gasteiger partial charge in [0.05, 0.1) is 23.3 Å². The molecule has 26 heavy (non-hydrogen) atoms. The number of rotatable bonds is 4. The molecular formula is C22H17N3O. The van der Waals surface area contributed by atoms with Crippen LogP contribution >= 0.6 is 0 Å². The van der Waals surface area contributed by atoms with Crippen molar-refractivity contribution in [3.8, 4) is 0 Å². The second-order valence-corrected chi connectivity index (χ2v) is 5.97. The zero-order chi connectivity index (χ0) is 17.8. The number of fused-ring (bicyclic) bond motifs is 1. The largest absolute Gasteiger partial charge is 0.340 e. The van der Waals surface area contributed by atoms with Crippen molar-refractivity contribution in [2.24, 2.45) is 0 Å². The van der Waals surface area contributed by atoms with Gasteiger partial charge in [-0.2, -0.15) is 0 Å². The monoisotopic (exact) mass is 339 g/mol. The molecular weight excluding hydrogens is 322 g/mol. The third-order valence-electron chi connectivity index (χ3n) is 4.22. The predicted octanol–water partition coefficient (Wildman–Crippen LogP) is 4.15. The highest BCUT2D eigenvalue weighted by molar-refractivity contribution is 5.94. The fourth-order valence-electron chi connectivity index (χ4n) is 2.92. The van der Waals surface area contributed by atoms with Crippen LogP contribution in [-0.4, -0.2) is 15.9 Å². The first-order valence-corrected chi connectivity index (χ1v) is 8.44. The standard InChI is InChI=1S/C22H17N3O/c26-22(20-15-23-18-13-7-8-14-19(18)24-20)25-21(16-9-3-1-4-10-16)17-11-5-2-6-12-17/h1-15,21H,(H,25,26). The third kappa shape index (κ3) is 3.30. The third-order valence-corrected chi connectivity index (χ3v) is 4.22. The molecule has 0 aliphatic carbocycles. The quantitative estimate of drug-likeness (QED) is 0.608. The highest BCUT2D eigenvalue weighted by Gasteiger charge is 2.18. The summed E-state index contributed by atoms with van der Waals surface area (Å²) in [6.45, 7) is 0. The summed E-state index contributed by atoms with van der Waals surface area (Å²) in [6, 6.07) is 27.1. The lowest BCUT2D eigenvalue weighted by Crippen LogP contribution is -2.30. The van der Waals surface area contributed by atoms with Gasteiger partial charge >= 0.3 is 0 Å². The molecule has 0 fully saturated rings. The van der Waals surface area contributed by atoms with E-state index in [1.807, 2.05) is 84.9 Å². The smallest absolute Gasteiger partial charge is 0.272 e. The van der Waals surface area contributed by atoms with Crippen molar-refractivity contribution in [1.29, 1.82) is 0 Å². The van der Waals surface area contributed by atoms with Crippen molar-refractivity contribution in [3.63, 3.8) is 0 Å². The lowest BCUT2D eigenvalue weighted by Gasteiger charge is -2.19. The zero-order valence-electron chi connectivity index (χ0n) is 14.0. The number of carbonyl (C=O) groups is 1. The molecule has 0 bridgehead atoms. The minimum atomic E-state index is -0.252. The maximum atomic E-state index is 12.8. The number of nitrogens with one attached hydrogen (secondary N) is 1. The van der Waals surface area contributed by atoms with Crippen molar-refractivity contribution < 1.29 is 4.79 Å². The van der Waals surface area contributed by atoms with Gasteiger partial charge in [0.2, 0.25) is 0 Å². The van der Waals surface area contributed by atoms with Crippen LogP contribution in [0.2, 0.25) is 0 Å². The van der Waals surface area contributed by atoms with E-state index >= 15 is 0 Å². The SMILES string of the molecule is O=C(NC(c1ccccc1)c1ccccc1)c1cnc2ccccc2n1. The Morgan fingerprint density at radius 2 is 1.27 bits per heavy atom. The number of para-hydroxylation sites is 2. The van der Waals surface area contributed by atoms with Gasteiger partial charge in [-0.3, -0.25) is 9.78 Å². The summed E-state index contributed by atoms with van der Waals surface area (Å²) in [7, 11) is 0. The minimum absolute atomic E-state index is 0.249. The molecule has 0 spiro atoms. The Labute approximate surface area is 151 Å². The van der Waals surface area contributed by atoms with E-state index in [1.165, 1.54) is 6.20 Å². The summed E-state index contributed by atoms with van der Waals surface area (Å²) in [5.41, 5.74) is 3.81. The van der Waals surface area contributed by atoms with Crippen molar-refractivity contribution in [2.75, 3.05) is 0 Å². The minimum Gasteiger partial charge on any atom is -0.340 e. The Morgan fingerprint density at radius 3 is 1.88 bits per heavy atom. The van der Waals surface area contributed by atoms with Crippen molar-refractivity contribution in [2.45, 2.75) is 6.04 Å². The van der Waals surface area contributed by atoms with E-state index in [9.17, 15) is 4.79 Å². The maximum Gasteiger partial charge on any atom is 0.272 e. The molecule has 4 nitrogen and oxygen atoms in total. The summed E-state index contributed by atoms with van der Waals surface area (Å²) >= 11 is 0. The van der Waals surface area contributed by atoms with Gasteiger partial charge in [0.1, 0.15) is 5.69 Å². The first kappa shape index (κ1) is 16.0. The highest BCUT2D eigenvalue weighted by atomic mass is 16.1. The van der Waals surface area contributed by atoms with Gasteiger partial charge in [0.25, 0.3) is 5.91 Å². The number of hydrogen-bond donors (Lipinski definition) is 1. The highest BCUT2D eigenvalue weighted by Crippen LogP contribution is 2.22. The molecule has 0 unspecified atom stereocenters. The first-order valence-electron chi connectivity index (χ1n) is 8.44. The Hall–Kier alpha value is -3.53. The topological polar surface area (TPSA) is 54.9 Å². The molecule has 0 saturated carbocycles. The second kappa shape index (κ2) is 7.15. The van der Waals surface area contributed by atoms with Crippen LogP contribution in [0, 0.1) is 0 Å². The molecule has 4 aromatic rings. The molecule has 1 heterocycles. The molecule has 4 heteroatoms. The first-order chi connectivity index (χ1) is 12.8. The molecule has 1 aromatic heterocycles. The van der Waals surface area contributed by atoms with E-state index < -0.39 is 0 Å². The Bertz CT molecular complexity index is 993. The van der Waals surface area contributed by atoms with Gasteiger partial charge in [-0.05, 0) is 23.3 Å². The van der Waals surface area contributed by atoms with Gasteiger partial charge in [-0.25, -0.2) is 4.98 Å². The molecule has 0 aliphatic rings. The molecule has 3 aromatic carbocycles. The molecule has 0 saturated heterocycles. The lowest BCUT2D eigenvalue weighted by molar-refractivity contribution is 0.0938. The van der Waals surface area contributed by atoms with E-state index in [2.05, 4.69) is 15.3 Å². The number of benzene rings is 3. The average Bonchev–Trinajstić information content (AvgIpc) is 2.72. The lowest BCUT2D eigenvalue weighted by atomic mass is 9.98. The number of amides is 1. The molecule has 0 aliphatic heterocycles. The van der Waals surface area contributed by atoms with Gasteiger partial charge in [-0.15, -0.1) is 0 Å².